The van der Waals surface area contributed by atoms with Crippen molar-refractivity contribution in [1.29, 1.82) is 0 Å². The molecule has 134 valence electrons. The molecule has 0 aliphatic rings. The van der Waals surface area contributed by atoms with E-state index in [0.29, 0.717) is 12.1 Å². The number of pyridine rings is 1. The van der Waals surface area contributed by atoms with E-state index in [0.717, 1.165) is 29.1 Å². The van der Waals surface area contributed by atoms with Crippen LogP contribution in [0.25, 0.3) is 11.3 Å². The molecule has 6 nitrogen and oxygen atoms in total. The molecule has 0 atom stereocenters. The molecule has 0 aliphatic heterocycles. The standard InChI is InChI=1S/C20H22N4O2/c1-23(2)13-15-7-8-19(21-12-15)16-5-4-6-17(11-16)20(25)24(3)14-18-9-10-26-22-18/h4-12H,13-14H2,1-3H3. The van der Waals surface area contributed by atoms with Gasteiger partial charge in [0.15, 0.2) is 0 Å². The van der Waals surface area contributed by atoms with Gasteiger partial charge in [-0.1, -0.05) is 23.4 Å². The molecule has 2 heterocycles. The van der Waals surface area contributed by atoms with Gasteiger partial charge in [0.25, 0.3) is 5.91 Å². The Morgan fingerprint density at radius 1 is 1.08 bits per heavy atom. The molecule has 26 heavy (non-hydrogen) atoms. The van der Waals surface area contributed by atoms with E-state index >= 15 is 0 Å². The lowest BCUT2D eigenvalue weighted by molar-refractivity contribution is 0.0782. The molecular formula is C20H22N4O2. The van der Waals surface area contributed by atoms with Crippen molar-refractivity contribution in [2.45, 2.75) is 13.1 Å². The third-order valence-corrected chi connectivity index (χ3v) is 3.97. The predicted octanol–water partition coefficient (Wildman–Crippen LogP) is 3.07. The number of rotatable bonds is 6. The van der Waals surface area contributed by atoms with Crippen LogP contribution in [-0.4, -0.2) is 47.0 Å². The molecule has 3 aromatic rings. The summed E-state index contributed by atoms with van der Waals surface area (Å²) in [4.78, 5) is 20.9. The highest BCUT2D eigenvalue weighted by Crippen LogP contribution is 2.20. The van der Waals surface area contributed by atoms with Crippen LogP contribution >= 0.6 is 0 Å². The molecule has 3 rings (SSSR count). The maximum atomic E-state index is 12.7. The van der Waals surface area contributed by atoms with Crippen molar-refractivity contribution in [3.63, 3.8) is 0 Å². The summed E-state index contributed by atoms with van der Waals surface area (Å²) in [6.07, 6.45) is 3.38. The molecule has 0 saturated heterocycles. The summed E-state index contributed by atoms with van der Waals surface area (Å²) in [7, 11) is 5.80. The van der Waals surface area contributed by atoms with Gasteiger partial charge in [0.05, 0.1) is 12.2 Å². The zero-order valence-electron chi connectivity index (χ0n) is 15.2. The monoisotopic (exact) mass is 350 g/mol. The van der Waals surface area contributed by atoms with Crippen LogP contribution in [0.3, 0.4) is 0 Å². The second-order valence-corrected chi connectivity index (χ2v) is 6.52. The van der Waals surface area contributed by atoms with Crippen molar-refractivity contribution in [2.24, 2.45) is 0 Å². The van der Waals surface area contributed by atoms with Gasteiger partial charge in [-0.15, -0.1) is 0 Å². The Bertz CT molecular complexity index is 858. The lowest BCUT2D eigenvalue weighted by atomic mass is 10.1. The van der Waals surface area contributed by atoms with Crippen LogP contribution < -0.4 is 0 Å². The Morgan fingerprint density at radius 3 is 2.58 bits per heavy atom. The minimum atomic E-state index is -0.0703. The van der Waals surface area contributed by atoms with Gasteiger partial charge in [-0.25, -0.2) is 0 Å². The number of amides is 1. The third-order valence-electron chi connectivity index (χ3n) is 3.97. The molecule has 0 unspecified atom stereocenters. The summed E-state index contributed by atoms with van der Waals surface area (Å²) in [5.74, 6) is -0.0703. The fourth-order valence-electron chi connectivity index (χ4n) is 2.72. The fourth-order valence-corrected chi connectivity index (χ4v) is 2.72. The van der Waals surface area contributed by atoms with E-state index in [-0.39, 0.29) is 5.91 Å². The summed E-state index contributed by atoms with van der Waals surface area (Å²) >= 11 is 0. The number of hydrogen-bond donors (Lipinski definition) is 0. The normalized spacial score (nSPS) is 10.9. The van der Waals surface area contributed by atoms with Crippen LogP contribution in [-0.2, 0) is 13.1 Å². The maximum absolute atomic E-state index is 12.7. The molecule has 1 aromatic carbocycles. The first-order valence-corrected chi connectivity index (χ1v) is 8.38. The van der Waals surface area contributed by atoms with Crippen LogP contribution in [0.2, 0.25) is 0 Å². The number of nitrogens with zero attached hydrogens (tertiary/aromatic N) is 4. The van der Waals surface area contributed by atoms with E-state index in [1.54, 1.807) is 18.0 Å². The highest BCUT2D eigenvalue weighted by atomic mass is 16.5. The maximum Gasteiger partial charge on any atom is 0.253 e. The Labute approximate surface area is 153 Å². The minimum absolute atomic E-state index is 0.0703. The van der Waals surface area contributed by atoms with Crippen LogP contribution in [0.4, 0.5) is 0 Å². The zero-order valence-corrected chi connectivity index (χ0v) is 15.2. The Morgan fingerprint density at radius 2 is 1.92 bits per heavy atom. The number of benzene rings is 1. The first-order valence-electron chi connectivity index (χ1n) is 8.38. The van der Waals surface area contributed by atoms with Crippen LogP contribution in [0.1, 0.15) is 21.6 Å². The van der Waals surface area contributed by atoms with Gasteiger partial charge in [0, 0.05) is 37.0 Å². The first kappa shape index (κ1) is 17.8. The van der Waals surface area contributed by atoms with Crippen LogP contribution in [0.15, 0.2) is 59.4 Å². The van der Waals surface area contributed by atoms with Gasteiger partial charge in [-0.05, 0) is 37.9 Å². The molecule has 0 spiro atoms. The largest absolute Gasteiger partial charge is 0.364 e. The first-order chi connectivity index (χ1) is 12.5. The topological polar surface area (TPSA) is 62.5 Å². The predicted molar refractivity (Wildman–Crippen MR) is 99.4 cm³/mol. The van der Waals surface area contributed by atoms with Gasteiger partial charge < -0.3 is 14.3 Å². The number of carbonyl (C=O) groups is 1. The molecule has 0 saturated carbocycles. The summed E-state index contributed by atoms with van der Waals surface area (Å²) in [6.45, 7) is 1.25. The van der Waals surface area contributed by atoms with Gasteiger partial charge in [-0.2, -0.15) is 0 Å². The average Bonchev–Trinajstić information content (AvgIpc) is 3.14. The average molecular weight is 350 g/mol. The summed E-state index contributed by atoms with van der Waals surface area (Å²) < 4.78 is 4.81. The second-order valence-electron chi connectivity index (χ2n) is 6.52. The lowest BCUT2D eigenvalue weighted by Crippen LogP contribution is -2.26. The number of carbonyl (C=O) groups excluding carboxylic acids is 1. The minimum Gasteiger partial charge on any atom is -0.364 e. The van der Waals surface area contributed by atoms with Crippen molar-refractivity contribution in [2.75, 3.05) is 21.1 Å². The van der Waals surface area contributed by atoms with Gasteiger partial charge in [-0.3, -0.25) is 9.78 Å². The molecule has 2 aromatic heterocycles. The second kappa shape index (κ2) is 7.93. The number of hydrogen-bond acceptors (Lipinski definition) is 5. The van der Waals surface area contributed by atoms with E-state index in [9.17, 15) is 4.79 Å². The smallest absolute Gasteiger partial charge is 0.253 e. The van der Waals surface area contributed by atoms with E-state index in [1.165, 1.54) is 6.26 Å². The Kier molecular flexibility index (Phi) is 5.43. The van der Waals surface area contributed by atoms with Gasteiger partial charge in [0.1, 0.15) is 12.0 Å². The van der Waals surface area contributed by atoms with E-state index in [4.69, 9.17) is 4.52 Å². The van der Waals surface area contributed by atoms with E-state index in [1.807, 2.05) is 50.6 Å². The fraction of sp³-hybridized carbons (Fsp3) is 0.250. The molecule has 0 N–H and O–H groups in total. The summed E-state index contributed by atoms with van der Waals surface area (Å²) in [5, 5.41) is 3.84. The molecule has 0 fully saturated rings. The van der Waals surface area contributed by atoms with Crippen molar-refractivity contribution in [1.82, 2.24) is 19.9 Å². The molecule has 1 amide bonds. The van der Waals surface area contributed by atoms with Crippen molar-refractivity contribution >= 4 is 5.91 Å². The van der Waals surface area contributed by atoms with Crippen LogP contribution in [0.5, 0.6) is 0 Å². The highest BCUT2D eigenvalue weighted by Gasteiger charge is 2.14. The SMILES string of the molecule is CN(C)Cc1ccc(-c2cccc(C(=O)N(C)Cc3ccon3)c2)nc1. The Hall–Kier alpha value is -2.99. The quantitative estimate of drug-likeness (QED) is 0.684. The molecule has 0 bridgehead atoms. The highest BCUT2D eigenvalue weighted by molar-refractivity contribution is 5.95. The van der Waals surface area contributed by atoms with Crippen LogP contribution in [0, 0.1) is 0 Å². The van der Waals surface area contributed by atoms with Crippen molar-refractivity contribution < 1.29 is 9.32 Å². The molecule has 6 heteroatoms. The van der Waals surface area contributed by atoms with Gasteiger partial charge in [0.2, 0.25) is 0 Å². The summed E-state index contributed by atoms with van der Waals surface area (Å²) in [6, 6.07) is 13.3. The molecular weight excluding hydrogens is 328 g/mol. The van der Waals surface area contributed by atoms with Gasteiger partial charge >= 0.3 is 0 Å². The molecule has 0 aliphatic carbocycles. The van der Waals surface area contributed by atoms with Crippen molar-refractivity contribution in [3.05, 3.63) is 71.7 Å². The summed E-state index contributed by atoms with van der Waals surface area (Å²) in [5.41, 5.74) is 4.25. The lowest BCUT2D eigenvalue weighted by Gasteiger charge is -2.16. The van der Waals surface area contributed by atoms with E-state index < -0.39 is 0 Å². The third kappa shape index (κ3) is 4.34. The zero-order chi connectivity index (χ0) is 18.5. The number of aromatic nitrogens is 2. The Balaban J connectivity index is 1.76. The van der Waals surface area contributed by atoms with Crippen molar-refractivity contribution in [3.8, 4) is 11.3 Å². The van der Waals surface area contributed by atoms with E-state index in [2.05, 4.69) is 21.1 Å². The molecule has 0 radical (unpaired) electrons.